The van der Waals surface area contributed by atoms with Gasteiger partial charge in [-0.05, 0) is 26.7 Å². The van der Waals surface area contributed by atoms with E-state index in [1.165, 1.54) is 11.8 Å². The Bertz CT molecular complexity index is 744. The summed E-state index contributed by atoms with van der Waals surface area (Å²) < 4.78 is 13.1. The standard InChI is InChI=1S/C20H34N6O4S/c1-20(2,25-7-10-29-11-8-25)14-22-18(28)13-31-19-24-23-17(6-5-16(21)27)26(19)12-15-4-3-9-30-15/h15H,3-14H2,1-2H3,(H2,21,27)(H,22,28)/t15-/m1/s1. The third-order valence-electron chi connectivity index (χ3n) is 5.72. The molecule has 174 valence electrons. The summed E-state index contributed by atoms with van der Waals surface area (Å²) in [6, 6.07) is 0. The van der Waals surface area contributed by atoms with Crippen LogP contribution in [-0.4, -0.2) is 88.3 Å². The highest BCUT2D eigenvalue weighted by atomic mass is 32.2. The van der Waals surface area contributed by atoms with E-state index in [1.807, 2.05) is 4.57 Å². The van der Waals surface area contributed by atoms with E-state index in [9.17, 15) is 9.59 Å². The molecule has 3 rings (SSSR count). The lowest BCUT2D eigenvalue weighted by atomic mass is 10.0. The van der Waals surface area contributed by atoms with Crippen LogP contribution in [0.1, 0.15) is 38.9 Å². The summed E-state index contributed by atoms with van der Waals surface area (Å²) >= 11 is 1.35. The monoisotopic (exact) mass is 454 g/mol. The first-order chi connectivity index (χ1) is 14.8. The number of nitrogens with zero attached hydrogens (tertiary/aromatic N) is 4. The molecule has 10 nitrogen and oxygen atoms in total. The van der Waals surface area contributed by atoms with Crippen LogP contribution in [0, 0.1) is 0 Å². The smallest absolute Gasteiger partial charge is 0.230 e. The van der Waals surface area contributed by atoms with E-state index in [1.54, 1.807) is 0 Å². The molecule has 31 heavy (non-hydrogen) atoms. The Morgan fingerprint density at radius 2 is 2.03 bits per heavy atom. The van der Waals surface area contributed by atoms with Gasteiger partial charge < -0.3 is 25.1 Å². The van der Waals surface area contributed by atoms with Gasteiger partial charge in [0.15, 0.2) is 5.16 Å². The van der Waals surface area contributed by atoms with Crippen molar-refractivity contribution < 1.29 is 19.1 Å². The van der Waals surface area contributed by atoms with E-state index in [0.29, 0.717) is 30.5 Å². The summed E-state index contributed by atoms with van der Waals surface area (Å²) in [5.41, 5.74) is 5.16. The third kappa shape index (κ3) is 7.16. The number of hydrogen-bond donors (Lipinski definition) is 2. The Hall–Kier alpha value is -1.69. The van der Waals surface area contributed by atoms with E-state index in [4.69, 9.17) is 15.2 Å². The lowest BCUT2D eigenvalue weighted by Gasteiger charge is -2.40. The zero-order chi connectivity index (χ0) is 22.3. The maximum atomic E-state index is 12.5. The fourth-order valence-corrected chi connectivity index (χ4v) is 4.59. The molecule has 1 aromatic rings. The van der Waals surface area contributed by atoms with E-state index in [2.05, 4.69) is 34.3 Å². The van der Waals surface area contributed by atoms with Crippen LogP contribution < -0.4 is 11.1 Å². The molecule has 0 radical (unpaired) electrons. The van der Waals surface area contributed by atoms with Crippen molar-refractivity contribution >= 4 is 23.6 Å². The first-order valence-corrected chi connectivity index (χ1v) is 11.9. The predicted molar refractivity (Wildman–Crippen MR) is 117 cm³/mol. The maximum Gasteiger partial charge on any atom is 0.230 e. The number of thioether (sulfide) groups is 1. The molecule has 0 aliphatic carbocycles. The van der Waals surface area contributed by atoms with Gasteiger partial charge in [-0.1, -0.05) is 11.8 Å². The molecule has 3 N–H and O–H groups in total. The van der Waals surface area contributed by atoms with E-state index < -0.39 is 0 Å². The summed E-state index contributed by atoms with van der Waals surface area (Å²) in [6.45, 7) is 9.42. The lowest BCUT2D eigenvalue weighted by molar-refractivity contribution is -0.119. The topological polar surface area (TPSA) is 125 Å². The summed E-state index contributed by atoms with van der Waals surface area (Å²) in [6.07, 6.45) is 2.76. The van der Waals surface area contributed by atoms with Crippen LogP contribution >= 0.6 is 11.8 Å². The Morgan fingerprint density at radius 1 is 1.26 bits per heavy atom. The van der Waals surface area contributed by atoms with Crippen molar-refractivity contribution in [2.24, 2.45) is 5.73 Å². The van der Waals surface area contributed by atoms with Crippen LogP contribution in [0.4, 0.5) is 0 Å². The molecule has 2 saturated heterocycles. The van der Waals surface area contributed by atoms with Crippen LogP contribution in [0.5, 0.6) is 0 Å². The van der Waals surface area contributed by atoms with Crippen LogP contribution in [0.3, 0.4) is 0 Å². The molecule has 2 aliphatic heterocycles. The van der Waals surface area contributed by atoms with E-state index >= 15 is 0 Å². The number of nitrogens with two attached hydrogens (primary N) is 1. The molecule has 3 heterocycles. The molecule has 0 saturated carbocycles. The minimum atomic E-state index is -0.372. The molecular formula is C20H34N6O4S. The van der Waals surface area contributed by atoms with Gasteiger partial charge >= 0.3 is 0 Å². The number of hydrogen-bond acceptors (Lipinski definition) is 8. The Morgan fingerprint density at radius 3 is 2.71 bits per heavy atom. The SMILES string of the molecule is CC(C)(CNC(=O)CSc1nnc(CCC(N)=O)n1C[C@H]1CCCO1)N1CCOCC1. The van der Waals surface area contributed by atoms with Gasteiger partial charge in [-0.3, -0.25) is 14.5 Å². The molecule has 2 aliphatic rings. The Labute approximate surface area is 187 Å². The predicted octanol–water partition coefficient (Wildman–Crippen LogP) is 0.194. The molecule has 0 spiro atoms. The quantitative estimate of drug-likeness (QED) is 0.454. The van der Waals surface area contributed by atoms with Gasteiger partial charge in [0.25, 0.3) is 0 Å². The van der Waals surface area contributed by atoms with Gasteiger partial charge in [0.1, 0.15) is 5.82 Å². The van der Waals surface area contributed by atoms with Crippen molar-refractivity contribution in [3.63, 3.8) is 0 Å². The van der Waals surface area contributed by atoms with Crippen LogP contribution in [-0.2, 0) is 32.0 Å². The highest BCUT2D eigenvalue weighted by Crippen LogP contribution is 2.22. The molecule has 1 atom stereocenters. The van der Waals surface area contributed by atoms with E-state index in [0.717, 1.165) is 45.8 Å². The fraction of sp³-hybridized carbons (Fsp3) is 0.800. The van der Waals surface area contributed by atoms with Gasteiger partial charge in [0, 0.05) is 44.6 Å². The normalized spacial score (nSPS) is 20.1. The maximum absolute atomic E-state index is 12.5. The Balaban J connectivity index is 1.54. The number of primary amides is 1. The van der Waals surface area contributed by atoms with Crippen molar-refractivity contribution in [2.75, 3.05) is 45.2 Å². The number of carbonyl (C=O) groups excluding carboxylic acids is 2. The molecule has 11 heteroatoms. The van der Waals surface area contributed by atoms with Gasteiger partial charge in [0.05, 0.1) is 31.6 Å². The minimum Gasteiger partial charge on any atom is -0.379 e. The average molecular weight is 455 g/mol. The highest BCUT2D eigenvalue weighted by Gasteiger charge is 2.28. The highest BCUT2D eigenvalue weighted by molar-refractivity contribution is 7.99. The van der Waals surface area contributed by atoms with Crippen molar-refractivity contribution in [3.05, 3.63) is 5.82 Å². The molecule has 2 fully saturated rings. The first-order valence-electron chi connectivity index (χ1n) is 10.9. The molecule has 1 aromatic heterocycles. The van der Waals surface area contributed by atoms with Crippen molar-refractivity contribution in [1.82, 2.24) is 25.0 Å². The zero-order valence-corrected chi connectivity index (χ0v) is 19.3. The van der Waals surface area contributed by atoms with Gasteiger partial charge in [-0.15, -0.1) is 10.2 Å². The summed E-state index contributed by atoms with van der Waals surface area (Å²) in [5.74, 6) is 0.532. The molecular weight excluding hydrogens is 420 g/mol. The zero-order valence-electron chi connectivity index (χ0n) is 18.5. The van der Waals surface area contributed by atoms with Crippen LogP contribution in [0.2, 0.25) is 0 Å². The van der Waals surface area contributed by atoms with Gasteiger partial charge in [0.2, 0.25) is 11.8 Å². The second-order valence-corrected chi connectivity index (χ2v) is 9.53. The Kier molecular flexibility index (Phi) is 8.70. The first kappa shape index (κ1) is 24.0. The van der Waals surface area contributed by atoms with Crippen LogP contribution in [0.15, 0.2) is 5.16 Å². The minimum absolute atomic E-state index is 0.0447. The van der Waals surface area contributed by atoms with Crippen LogP contribution in [0.25, 0.3) is 0 Å². The number of ether oxygens (including phenoxy) is 2. The summed E-state index contributed by atoms with van der Waals surface area (Å²) in [4.78, 5) is 26.0. The van der Waals surface area contributed by atoms with Crippen molar-refractivity contribution in [2.45, 2.75) is 62.9 Å². The lowest BCUT2D eigenvalue weighted by Crippen LogP contribution is -2.55. The van der Waals surface area contributed by atoms with Gasteiger partial charge in [-0.2, -0.15) is 0 Å². The number of amides is 2. The number of nitrogens with one attached hydrogen (secondary N) is 1. The second-order valence-electron chi connectivity index (χ2n) is 8.59. The number of aromatic nitrogens is 3. The number of morpholine rings is 1. The third-order valence-corrected chi connectivity index (χ3v) is 6.68. The molecule has 2 amide bonds. The molecule has 0 unspecified atom stereocenters. The molecule has 0 aromatic carbocycles. The number of carbonyl (C=O) groups is 2. The van der Waals surface area contributed by atoms with Gasteiger partial charge in [-0.25, -0.2) is 0 Å². The number of aryl methyl sites for hydroxylation is 1. The molecule has 0 bridgehead atoms. The second kappa shape index (κ2) is 11.3. The van der Waals surface area contributed by atoms with Crippen molar-refractivity contribution in [1.29, 1.82) is 0 Å². The average Bonchev–Trinajstić information content (AvgIpc) is 3.40. The van der Waals surface area contributed by atoms with E-state index in [-0.39, 0.29) is 35.6 Å². The van der Waals surface area contributed by atoms with Crippen molar-refractivity contribution in [3.8, 4) is 0 Å². The number of rotatable bonds is 11. The fourth-order valence-electron chi connectivity index (χ4n) is 3.80. The summed E-state index contributed by atoms with van der Waals surface area (Å²) in [5, 5.41) is 12.2. The largest absolute Gasteiger partial charge is 0.379 e. The summed E-state index contributed by atoms with van der Waals surface area (Å²) in [7, 11) is 0.